The first-order valence-corrected chi connectivity index (χ1v) is 10.8. The lowest BCUT2D eigenvalue weighted by Crippen LogP contribution is -2.47. The summed E-state index contributed by atoms with van der Waals surface area (Å²) in [6, 6.07) is 0. The van der Waals surface area contributed by atoms with Gasteiger partial charge in [-0.15, -0.1) is 0 Å². The van der Waals surface area contributed by atoms with Gasteiger partial charge in [0.1, 0.15) is 11.6 Å². The SMILES string of the molecule is O=C(C(OC1=CCC=CC(Br)=C1)C1=CC=CC=CC1)N(CCS)C1=CC=CNN1. The van der Waals surface area contributed by atoms with Gasteiger partial charge in [-0.3, -0.25) is 15.1 Å². The molecule has 1 heterocycles. The van der Waals surface area contributed by atoms with Gasteiger partial charge in [0, 0.05) is 23.0 Å². The number of ether oxygens (including phenoxy) is 1. The number of carbonyl (C=O) groups excluding carboxylic acids is 1. The van der Waals surface area contributed by atoms with Gasteiger partial charge in [0.05, 0.1) is 0 Å². The number of hydrazine groups is 1. The third-order valence-electron chi connectivity index (χ3n) is 4.36. The zero-order valence-corrected chi connectivity index (χ0v) is 18.4. The summed E-state index contributed by atoms with van der Waals surface area (Å²) in [6.07, 6.45) is 23.8. The molecule has 0 spiro atoms. The third kappa shape index (κ3) is 6.05. The van der Waals surface area contributed by atoms with Crippen LogP contribution < -0.4 is 10.9 Å². The Morgan fingerprint density at radius 1 is 1.24 bits per heavy atom. The largest absolute Gasteiger partial charge is 0.476 e. The molecule has 0 bridgehead atoms. The van der Waals surface area contributed by atoms with Crippen LogP contribution in [0, 0.1) is 0 Å². The molecule has 7 heteroatoms. The molecule has 0 aromatic rings. The van der Waals surface area contributed by atoms with Crippen LogP contribution in [-0.4, -0.2) is 29.2 Å². The highest BCUT2D eigenvalue weighted by molar-refractivity contribution is 9.11. The van der Waals surface area contributed by atoms with Crippen LogP contribution in [0.4, 0.5) is 0 Å². The van der Waals surface area contributed by atoms with Gasteiger partial charge in [0.25, 0.3) is 5.91 Å². The highest BCUT2D eigenvalue weighted by Gasteiger charge is 2.31. The Kier molecular flexibility index (Phi) is 8.07. The van der Waals surface area contributed by atoms with Crippen molar-refractivity contribution in [2.45, 2.75) is 18.9 Å². The summed E-state index contributed by atoms with van der Waals surface area (Å²) in [7, 11) is 0. The number of hydrogen-bond acceptors (Lipinski definition) is 5. The van der Waals surface area contributed by atoms with E-state index < -0.39 is 6.10 Å². The van der Waals surface area contributed by atoms with Crippen LogP contribution in [-0.2, 0) is 9.53 Å². The average molecular weight is 474 g/mol. The van der Waals surface area contributed by atoms with E-state index in [0.29, 0.717) is 30.3 Å². The number of rotatable bonds is 7. The average Bonchev–Trinajstić information content (AvgIpc) is 3.13. The Hall–Kier alpha value is -2.38. The van der Waals surface area contributed by atoms with Crippen molar-refractivity contribution < 1.29 is 9.53 Å². The summed E-state index contributed by atoms with van der Waals surface area (Å²) in [5.41, 5.74) is 6.84. The second-order valence-electron chi connectivity index (χ2n) is 6.42. The van der Waals surface area contributed by atoms with Crippen LogP contribution in [0.5, 0.6) is 0 Å². The number of amides is 1. The normalized spacial score (nSPS) is 18.8. The van der Waals surface area contributed by atoms with Crippen LogP contribution >= 0.6 is 28.6 Å². The van der Waals surface area contributed by atoms with Gasteiger partial charge in [-0.1, -0.05) is 58.5 Å². The minimum atomic E-state index is -0.753. The van der Waals surface area contributed by atoms with Crippen molar-refractivity contribution in [3.63, 3.8) is 0 Å². The summed E-state index contributed by atoms with van der Waals surface area (Å²) in [5, 5.41) is 0. The standard InChI is InChI=1S/C22H24BrN3O2S/c23-18-10-5-6-11-19(16-18)28-21(17-8-3-1-2-4-9-17)22(27)26(14-15-29)20-12-7-13-24-25-20/h1-5,7-8,10-13,16,21,24-25,29H,6,9,14-15H2. The van der Waals surface area contributed by atoms with Gasteiger partial charge in [0.15, 0.2) is 6.10 Å². The molecule has 152 valence electrons. The molecule has 0 radical (unpaired) electrons. The van der Waals surface area contributed by atoms with Crippen molar-refractivity contribution in [1.29, 1.82) is 0 Å². The molecule has 1 unspecified atom stereocenters. The summed E-state index contributed by atoms with van der Waals surface area (Å²) in [5.74, 6) is 1.70. The van der Waals surface area contributed by atoms with Crippen LogP contribution in [0.25, 0.3) is 0 Å². The molecule has 29 heavy (non-hydrogen) atoms. The van der Waals surface area contributed by atoms with Crippen LogP contribution in [0.3, 0.4) is 0 Å². The first kappa shape index (κ1) is 21.3. The quantitative estimate of drug-likeness (QED) is 0.486. The van der Waals surface area contributed by atoms with Crippen molar-refractivity contribution in [1.82, 2.24) is 15.8 Å². The van der Waals surface area contributed by atoms with E-state index in [1.807, 2.05) is 66.8 Å². The highest BCUT2D eigenvalue weighted by atomic mass is 79.9. The zero-order valence-electron chi connectivity index (χ0n) is 15.9. The molecule has 0 aromatic heterocycles. The zero-order chi connectivity index (χ0) is 20.5. The number of carbonyl (C=O) groups is 1. The van der Waals surface area contributed by atoms with E-state index in [4.69, 9.17) is 4.74 Å². The molecule has 2 aliphatic carbocycles. The van der Waals surface area contributed by atoms with E-state index >= 15 is 0 Å². The molecule has 0 aromatic carbocycles. The maximum Gasteiger partial charge on any atom is 0.273 e. The molecule has 0 fully saturated rings. The minimum Gasteiger partial charge on any atom is -0.476 e. The van der Waals surface area contributed by atoms with Gasteiger partial charge < -0.3 is 10.2 Å². The Morgan fingerprint density at radius 3 is 2.93 bits per heavy atom. The summed E-state index contributed by atoms with van der Waals surface area (Å²) in [4.78, 5) is 15.3. The van der Waals surface area contributed by atoms with Gasteiger partial charge in [-0.05, 0) is 42.7 Å². The fourth-order valence-electron chi connectivity index (χ4n) is 2.99. The Morgan fingerprint density at radius 2 is 2.14 bits per heavy atom. The van der Waals surface area contributed by atoms with Crippen molar-refractivity contribution >= 4 is 34.5 Å². The van der Waals surface area contributed by atoms with Crippen LogP contribution in [0.2, 0.25) is 0 Å². The van der Waals surface area contributed by atoms with E-state index in [1.54, 1.807) is 11.1 Å². The fraction of sp³-hybridized carbons (Fsp3) is 0.227. The predicted molar refractivity (Wildman–Crippen MR) is 124 cm³/mol. The van der Waals surface area contributed by atoms with Crippen molar-refractivity contribution in [3.8, 4) is 0 Å². The molecule has 2 N–H and O–H groups in total. The molecule has 1 amide bonds. The van der Waals surface area contributed by atoms with E-state index in [9.17, 15) is 4.79 Å². The van der Waals surface area contributed by atoms with E-state index in [0.717, 1.165) is 16.5 Å². The van der Waals surface area contributed by atoms with Crippen LogP contribution in [0.1, 0.15) is 12.8 Å². The maximum atomic E-state index is 13.7. The molecule has 3 rings (SSSR count). The van der Waals surface area contributed by atoms with Crippen molar-refractivity contribution in [3.05, 3.63) is 94.7 Å². The van der Waals surface area contributed by atoms with E-state index in [2.05, 4.69) is 39.4 Å². The Labute approximate surface area is 185 Å². The fourth-order valence-corrected chi connectivity index (χ4v) is 3.60. The second kappa shape index (κ2) is 11.0. The van der Waals surface area contributed by atoms with Crippen molar-refractivity contribution in [2.24, 2.45) is 0 Å². The molecule has 1 aliphatic heterocycles. The van der Waals surface area contributed by atoms with Crippen molar-refractivity contribution in [2.75, 3.05) is 12.3 Å². The maximum absolute atomic E-state index is 13.7. The lowest BCUT2D eigenvalue weighted by Gasteiger charge is -2.31. The highest BCUT2D eigenvalue weighted by Crippen LogP contribution is 2.25. The predicted octanol–water partition coefficient (Wildman–Crippen LogP) is 4.16. The lowest BCUT2D eigenvalue weighted by molar-refractivity contribution is -0.137. The molecule has 3 aliphatic rings. The smallest absolute Gasteiger partial charge is 0.273 e. The molecule has 0 saturated carbocycles. The second-order valence-corrected chi connectivity index (χ2v) is 7.79. The molecule has 0 saturated heterocycles. The number of hydrogen-bond donors (Lipinski definition) is 3. The third-order valence-corrected chi connectivity index (χ3v) is 5.06. The number of nitrogens with zero attached hydrogens (tertiary/aromatic N) is 1. The first-order chi connectivity index (χ1) is 14.2. The Bertz CT molecular complexity index is 865. The minimum absolute atomic E-state index is 0.146. The first-order valence-electron chi connectivity index (χ1n) is 9.42. The number of halogens is 1. The monoisotopic (exact) mass is 473 g/mol. The summed E-state index contributed by atoms with van der Waals surface area (Å²) in [6.45, 7) is 0.454. The molecule has 5 nitrogen and oxygen atoms in total. The van der Waals surface area contributed by atoms with Gasteiger partial charge in [0.2, 0.25) is 0 Å². The van der Waals surface area contributed by atoms with Gasteiger partial charge in [-0.2, -0.15) is 12.6 Å². The molecular weight excluding hydrogens is 450 g/mol. The van der Waals surface area contributed by atoms with Gasteiger partial charge in [-0.25, -0.2) is 0 Å². The lowest BCUT2D eigenvalue weighted by atomic mass is 10.0. The summed E-state index contributed by atoms with van der Waals surface area (Å²) < 4.78 is 7.19. The van der Waals surface area contributed by atoms with E-state index in [1.165, 1.54) is 0 Å². The molecular formula is C22H24BrN3O2S. The number of allylic oxidation sites excluding steroid dienone is 12. The molecule has 1 atom stereocenters. The Balaban J connectivity index is 1.92. The topological polar surface area (TPSA) is 53.6 Å². The van der Waals surface area contributed by atoms with Gasteiger partial charge >= 0.3 is 0 Å². The summed E-state index contributed by atoms with van der Waals surface area (Å²) >= 11 is 7.85. The number of nitrogens with one attached hydrogen (secondary N) is 2. The van der Waals surface area contributed by atoms with Crippen LogP contribution in [0.15, 0.2) is 94.7 Å². The van der Waals surface area contributed by atoms with E-state index in [-0.39, 0.29) is 5.91 Å². The number of thiol groups is 1.